The summed E-state index contributed by atoms with van der Waals surface area (Å²) in [5.74, 6) is 2.13. The van der Waals surface area contributed by atoms with Crippen LogP contribution >= 0.6 is 11.6 Å². The summed E-state index contributed by atoms with van der Waals surface area (Å²) in [7, 11) is -3.37. The summed E-state index contributed by atoms with van der Waals surface area (Å²) >= 11 is 6.54. The highest BCUT2D eigenvalue weighted by atomic mass is 35.5. The Morgan fingerprint density at radius 2 is 0.642 bits per heavy atom. The van der Waals surface area contributed by atoms with Crippen LogP contribution in [0.1, 0.15) is 195 Å². The summed E-state index contributed by atoms with van der Waals surface area (Å²) < 4.78 is 185. The van der Waals surface area contributed by atoms with Crippen molar-refractivity contribution in [2.45, 2.75) is 208 Å². The van der Waals surface area contributed by atoms with E-state index in [2.05, 4.69) is 261 Å². The minimum absolute atomic E-state index is 0.0681. The zero-order valence-corrected chi connectivity index (χ0v) is 78.0. The van der Waals surface area contributed by atoms with E-state index in [1.54, 1.807) is 36.4 Å². The molecule has 2 aromatic heterocycles. The van der Waals surface area contributed by atoms with E-state index in [0.717, 1.165) is 91.6 Å². The molecule has 0 atom stereocenters. The quantitative estimate of drug-likeness (QED) is 0.0804. The lowest BCUT2D eigenvalue weighted by molar-refractivity contribution is 0.278. The van der Waals surface area contributed by atoms with E-state index >= 15 is 0 Å². The largest absolute Gasteiger partial charge is 0.466 e. The normalized spacial score (nSPS) is 16.7. The molecule has 0 fully saturated rings. The van der Waals surface area contributed by atoms with Crippen LogP contribution in [0.5, 0.6) is 0 Å². The summed E-state index contributed by atoms with van der Waals surface area (Å²) in [6.07, 6.45) is 8.13. The summed E-state index contributed by atoms with van der Waals surface area (Å²) in [4.78, 5) is 8.69. The number of nitrogens with zero attached hydrogens (tertiary/aromatic N) is 5. The number of nitrogens with one attached hydrogen (secondary N) is 1. The van der Waals surface area contributed by atoms with Crippen molar-refractivity contribution in [1.82, 2.24) is 0 Å². The molecule has 0 saturated heterocycles. The van der Waals surface area contributed by atoms with Crippen LogP contribution in [-0.4, -0.2) is 16.1 Å². The average molecular weight is 1700 g/mol. The molecule has 14 aromatic rings. The molecule has 0 spiro atoms. The van der Waals surface area contributed by atoms with E-state index in [9.17, 15) is 0 Å². The molecule has 0 aliphatic heterocycles. The fraction of sp³-hybridized carbons (Fsp3) is 0.286. The summed E-state index contributed by atoms with van der Waals surface area (Å²) in [5, 5.41) is 6.63. The highest BCUT2D eigenvalue weighted by Gasteiger charge is 2.45. The number of furan rings is 2. The molecule has 8 nitrogen and oxygen atoms in total. The average Bonchev–Trinajstić information content (AvgIpc) is 1.39. The number of halogens is 1. The topological polar surface area (TPSA) is 54.5 Å². The molecule has 16 rings (SSSR count). The molecule has 0 amide bonds. The molecule has 0 radical (unpaired) electrons. The number of para-hydroxylation sites is 4. The minimum atomic E-state index is -1.75. The maximum absolute atomic E-state index is 9.11. The fourth-order valence-electron chi connectivity index (χ4n) is 16.4. The maximum atomic E-state index is 9.11. The highest BCUT2D eigenvalue weighted by Crippen LogP contribution is 2.55. The third kappa shape index (κ3) is 19.9. The van der Waals surface area contributed by atoms with Gasteiger partial charge in [0.25, 0.3) is 0 Å². The van der Waals surface area contributed by atoms with E-state index in [1.165, 1.54) is 50.4 Å². The molecular formula is C112H127ClN6O2Si2. The Balaban J connectivity index is 0.000000192. The summed E-state index contributed by atoms with van der Waals surface area (Å²) in [6, 6.07) is 47.8. The van der Waals surface area contributed by atoms with Gasteiger partial charge in [0.2, 0.25) is 0 Å². The second kappa shape index (κ2) is 35.2. The summed E-state index contributed by atoms with van der Waals surface area (Å²) in [6.45, 7) is 49.3. The first-order valence-corrected chi connectivity index (χ1v) is 49.7. The van der Waals surface area contributed by atoms with Crippen LogP contribution in [-0.2, 0) is 32.5 Å². The maximum Gasteiger partial charge on any atom is 0.115 e. The standard InChI is InChI=1S/C56H63N3OSi.C34H33ClN2Si.C22H31NO/c1-40-35-48(38-49(36-40)59(45-27-25-41(26-28-45)54(2,3)4)51-39-60-53-52(51)55(5,6)33-34-56(53,7)8)58(44-29-31-50(32-30-44)61(9,10)11)47-24-18-23-46(37-47)57(42-19-14-12-15-20-42)43-21-16-13-17-22-43;1-26-22-27(35)24-33(23-26)37(30-18-20-34(21-19-30)38(2,3)4)32-17-11-16-31(25-32)36(28-12-7-5-8-13-28)29-14-9-6-10-15-29;1-20(2,3)15-8-10-16(11-9-15)23-17-14-24-19-18(17)21(4,5)12-13-22(19,6)7/h12-32,35-39H,33-34H2,1-11H3;5-25H,1-4H3;8-11,14,23H,12-13H2,1-7H3/i12D,13D,14D,15D,16D,17D,19D,20D,21D,22D;5D,6D,7D,8D,9D,10D,12D,13D,14D,15D;. The lowest BCUT2D eigenvalue weighted by Gasteiger charge is -2.40. The van der Waals surface area contributed by atoms with Gasteiger partial charge in [0.15, 0.2) is 0 Å². The van der Waals surface area contributed by atoms with E-state index in [-0.39, 0.29) is 66.6 Å². The van der Waals surface area contributed by atoms with Gasteiger partial charge in [-0.3, -0.25) is 0 Å². The zero-order valence-electron chi connectivity index (χ0n) is 95.2. The smallest absolute Gasteiger partial charge is 0.115 e. The number of rotatable bonds is 19. The SMILES string of the molecule is CC(C)(C)c1ccc(Nc2coc3c2C(C)(C)CCC3(C)C)cc1.[2H]c1c([2H])c([2H])c(N(c2cccc(N(c3ccc([Si](C)(C)C)cc3)c3cc(C)cc(Cl)c3)c2)c2c([2H])c([2H])c([2H])c([2H])c2[2H])c([2H])c1[2H].[2H]c1c([2H])c([2H])c(N(c2cccc(N(c3ccc([Si](C)(C)C)cc3)c3cc(C)cc(N(c4ccc(C(C)(C)C)cc4)c4coc5c4C(C)(C)CCC5(C)C)c3)c2)c2c([2H])c([2H])c([2H])c([2H])c2[2H])c([2H])c1[2H]. The van der Waals surface area contributed by atoms with Crippen molar-refractivity contribution in [3.8, 4) is 0 Å². The van der Waals surface area contributed by atoms with Crippen molar-refractivity contribution >= 4 is 135 Å². The van der Waals surface area contributed by atoms with Crippen LogP contribution in [0.3, 0.4) is 0 Å². The predicted octanol–water partition coefficient (Wildman–Crippen LogP) is 33.0. The van der Waals surface area contributed by atoms with Gasteiger partial charge in [-0.05, 0) is 253 Å². The first-order valence-electron chi connectivity index (χ1n) is 52.3. The van der Waals surface area contributed by atoms with Crippen molar-refractivity contribution < 1.29 is 36.2 Å². The Kier molecular flexibility index (Phi) is 18.7. The van der Waals surface area contributed by atoms with Crippen LogP contribution < -0.4 is 40.2 Å². The van der Waals surface area contributed by atoms with Crippen LogP contribution in [0.2, 0.25) is 44.3 Å². The Morgan fingerprint density at radius 1 is 0.333 bits per heavy atom. The van der Waals surface area contributed by atoms with E-state index in [4.69, 9.17) is 47.9 Å². The molecule has 0 bridgehead atoms. The van der Waals surface area contributed by atoms with Crippen molar-refractivity contribution in [2.75, 3.05) is 29.8 Å². The van der Waals surface area contributed by atoms with Gasteiger partial charge in [-0.25, -0.2) is 0 Å². The molecular weight excluding hydrogens is 1550 g/mol. The van der Waals surface area contributed by atoms with Crippen LogP contribution in [0.4, 0.5) is 96.7 Å². The molecule has 2 aliphatic carbocycles. The number of hydrogen-bond donors (Lipinski definition) is 1. The van der Waals surface area contributed by atoms with Gasteiger partial charge in [0.1, 0.15) is 24.0 Å². The third-order valence-electron chi connectivity index (χ3n) is 23.5. The number of anilines is 17. The Morgan fingerprint density at radius 3 is 1.02 bits per heavy atom. The van der Waals surface area contributed by atoms with E-state index in [1.807, 2.05) is 66.8 Å². The van der Waals surface area contributed by atoms with Crippen molar-refractivity contribution in [3.05, 3.63) is 365 Å². The van der Waals surface area contributed by atoms with Gasteiger partial charge in [0.05, 0.1) is 54.9 Å². The highest BCUT2D eigenvalue weighted by molar-refractivity contribution is 6.89. The van der Waals surface area contributed by atoms with Crippen molar-refractivity contribution in [2.24, 2.45) is 0 Å². The number of benzene rings is 12. The lowest BCUT2D eigenvalue weighted by atomic mass is 9.66. The second-order valence-corrected chi connectivity index (χ2v) is 49.8. The number of hydrogen-bond acceptors (Lipinski definition) is 8. The fourth-order valence-corrected chi connectivity index (χ4v) is 19.0. The third-order valence-corrected chi connectivity index (χ3v) is 27.9. The van der Waals surface area contributed by atoms with Crippen LogP contribution in [0.15, 0.2) is 324 Å². The molecule has 2 heterocycles. The molecule has 11 heteroatoms. The van der Waals surface area contributed by atoms with Gasteiger partial charge in [-0.2, -0.15) is 0 Å². The van der Waals surface area contributed by atoms with Gasteiger partial charge >= 0.3 is 0 Å². The Labute approximate surface area is 770 Å². The Hall–Kier alpha value is -11.3. The molecule has 123 heavy (non-hydrogen) atoms. The van der Waals surface area contributed by atoms with Crippen molar-refractivity contribution in [1.29, 1.82) is 0 Å². The Bertz CT molecular complexity index is 6970. The van der Waals surface area contributed by atoms with E-state index < -0.39 is 137 Å². The molecule has 632 valence electrons. The first kappa shape index (κ1) is 65.4. The lowest BCUT2D eigenvalue weighted by Crippen LogP contribution is -2.37. The van der Waals surface area contributed by atoms with Gasteiger partial charge in [-0.15, -0.1) is 0 Å². The minimum Gasteiger partial charge on any atom is -0.466 e. The first-order chi connectivity index (χ1) is 66.5. The van der Waals surface area contributed by atoms with Crippen LogP contribution in [0.25, 0.3) is 0 Å². The number of fused-ring (bicyclic) bond motifs is 2. The molecule has 1 N–H and O–H groups in total. The van der Waals surface area contributed by atoms with Crippen LogP contribution in [0, 0.1) is 13.8 Å². The molecule has 0 unspecified atom stereocenters. The van der Waals surface area contributed by atoms with Gasteiger partial charge in [-0.1, -0.05) is 291 Å². The van der Waals surface area contributed by atoms with Gasteiger partial charge < -0.3 is 38.7 Å². The molecule has 2 aliphatic rings. The summed E-state index contributed by atoms with van der Waals surface area (Å²) in [5.41, 5.74) is 15.2. The van der Waals surface area contributed by atoms with E-state index in [0.29, 0.717) is 16.4 Å². The zero-order chi connectivity index (χ0) is 105. The molecule has 12 aromatic carbocycles. The monoisotopic (exact) mass is 1700 g/mol. The second-order valence-electron chi connectivity index (χ2n) is 39.2. The van der Waals surface area contributed by atoms with Gasteiger partial charge in [0, 0.05) is 112 Å². The van der Waals surface area contributed by atoms with Crippen molar-refractivity contribution in [3.63, 3.8) is 0 Å². The number of aryl methyl sites for hydroxylation is 2. The molecule has 0 saturated carbocycles. The predicted molar refractivity (Wildman–Crippen MR) is 535 cm³/mol.